The SMILES string of the molecule is CC(C)(C)S(=O)(=O)NC(=O)c1ccc2nc(N3C4CCC3CC(NCc3c(-c5c(Cl)cccc5Cl)noc3C3CC3)C4)sc2c1. The first-order chi connectivity index (χ1) is 21.4. The summed E-state index contributed by atoms with van der Waals surface area (Å²) in [4.78, 5) is 20.2. The number of thiazole rings is 1. The minimum absolute atomic E-state index is 0.299. The molecule has 2 aromatic carbocycles. The van der Waals surface area contributed by atoms with Crippen molar-refractivity contribution in [1.29, 1.82) is 0 Å². The normalized spacial score (nSPS) is 21.9. The van der Waals surface area contributed by atoms with Crippen LogP contribution in [-0.4, -0.2) is 47.3 Å². The zero-order valence-electron chi connectivity index (χ0n) is 25.3. The number of sulfonamides is 1. The van der Waals surface area contributed by atoms with E-state index in [1.165, 1.54) is 0 Å². The first-order valence-corrected chi connectivity index (χ1v) is 18.4. The molecule has 0 radical (unpaired) electrons. The van der Waals surface area contributed by atoms with Gasteiger partial charge in [-0.25, -0.2) is 18.1 Å². The Balaban J connectivity index is 1.06. The molecule has 2 atom stereocenters. The molecule has 4 heterocycles. The summed E-state index contributed by atoms with van der Waals surface area (Å²) in [6, 6.07) is 11.7. The molecule has 1 saturated carbocycles. The van der Waals surface area contributed by atoms with Crippen LogP contribution in [0.1, 0.15) is 86.9 Å². The summed E-state index contributed by atoms with van der Waals surface area (Å²) in [7, 11) is -3.81. The number of nitrogens with one attached hydrogen (secondary N) is 2. The van der Waals surface area contributed by atoms with Crippen molar-refractivity contribution in [3.63, 3.8) is 0 Å². The summed E-state index contributed by atoms with van der Waals surface area (Å²) < 4.78 is 32.9. The molecule has 4 aromatic rings. The molecule has 3 fully saturated rings. The Bertz CT molecular complexity index is 1860. The number of carbonyl (C=O) groups excluding carboxylic acids is 1. The van der Waals surface area contributed by atoms with Crippen LogP contribution in [0.5, 0.6) is 0 Å². The van der Waals surface area contributed by atoms with Crippen LogP contribution in [0.2, 0.25) is 10.0 Å². The second-order valence-corrected chi connectivity index (χ2v) is 17.6. The highest BCUT2D eigenvalue weighted by Gasteiger charge is 2.42. The smallest absolute Gasteiger partial charge is 0.264 e. The molecule has 1 amide bonds. The summed E-state index contributed by atoms with van der Waals surface area (Å²) in [6.07, 6.45) is 6.36. The van der Waals surface area contributed by atoms with Crippen molar-refractivity contribution < 1.29 is 17.7 Å². The van der Waals surface area contributed by atoms with E-state index in [1.807, 2.05) is 18.2 Å². The number of rotatable bonds is 8. The van der Waals surface area contributed by atoms with E-state index in [9.17, 15) is 13.2 Å². The molecule has 2 N–H and O–H groups in total. The highest BCUT2D eigenvalue weighted by Crippen LogP contribution is 2.46. The van der Waals surface area contributed by atoms with E-state index < -0.39 is 20.7 Å². The second kappa shape index (κ2) is 11.5. The number of anilines is 1. The number of amides is 1. The average Bonchev–Trinajstić information content (AvgIpc) is 3.50. The van der Waals surface area contributed by atoms with Crippen LogP contribution in [0.15, 0.2) is 40.9 Å². The zero-order valence-corrected chi connectivity index (χ0v) is 28.4. The van der Waals surface area contributed by atoms with Crippen molar-refractivity contribution in [3.05, 3.63) is 63.3 Å². The van der Waals surface area contributed by atoms with Gasteiger partial charge in [-0.2, -0.15) is 0 Å². The van der Waals surface area contributed by atoms with E-state index in [-0.39, 0.29) is 0 Å². The fourth-order valence-electron chi connectivity index (χ4n) is 6.48. The maximum absolute atomic E-state index is 12.8. The van der Waals surface area contributed by atoms with Crippen LogP contribution in [0.3, 0.4) is 0 Å². The Morgan fingerprint density at radius 3 is 2.40 bits per heavy atom. The van der Waals surface area contributed by atoms with Gasteiger partial charge in [-0.1, -0.05) is 45.8 Å². The predicted octanol–water partition coefficient (Wildman–Crippen LogP) is 7.28. The molecular formula is C32H35Cl2N5O4S2. The standard InChI is InChI=1S/C32H35Cl2N5O4S2/c1-32(2,3)45(41,42)38-30(40)18-9-12-25-26(13-18)44-31(36-25)39-20-10-11-21(39)15-19(14-20)35-16-22-28(37-43-29(22)17-7-8-17)27-23(33)5-4-6-24(27)34/h4-6,9,12-13,17,19-21,35H,7-8,10-11,14-16H2,1-3H3,(H,38,40). The number of fused-ring (bicyclic) bond motifs is 3. The molecule has 2 saturated heterocycles. The number of benzene rings is 2. The van der Waals surface area contributed by atoms with Gasteiger partial charge in [-0.15, -0.1) is 0 Å². The lowest BCUT2D eigenvalue weighted by molar-refractivity contribution is 0.0980. The van der Waals surface area contributed by atoms with Crippen LogP contribution < -0.4 is 14.9 Å². The number of hydrogen-bond donors (Lipinski definition) is 2. The maximum Gasteiger partial charge on any atom is 0.264 e. The van der Waals surface area contributed by atoms with Crippen molar-refractivity contribution in [2.45, 2.75) is 94.6 Å². The van der Waals surface area contributed by atoms with E-state index in [4.69, 9.17) is 32.7 Å². The molecule has 2 aromatic heterocycles. The van der Waals surface area contributed by atoms with Gasteiger partial charge in [-0.05, 0) is 89.6 Å². The van der Waals surface area contributed by atoms with E-state index in [0.29, 0.717) is 46.2 Å². The van der Waals surface area contributed by atoms with Gasteiger partial charge in [0.25, 0.3) is 5.91 Å². The third kappa shape index (κ3) is 5.86. The summed E-state index contributed by atoms with van der Waals surface area (Å²) >= 11 is 14.7. The molecule has 13 heteroatoms. The molecular weight excluding hydrogens is 653 g/mol. The van der Waals surface area contributed by atoms with E-state index >= 15 is 0 Å². The number of halogens is 2. The van der Waals surface area contributed by atoms with Crippen molar-refractivity contribution in [2.24, 2.45) is 0 Å². The van der Waals surface area contributed by atoms with Crippen LogP contribution >= 0.6 is 34.5 Å². The summed E-state index contributed by atoms with van der Waals surface area (Å²) in [5.74, 6) is 0.703. The summed E-state index contributed by atoms with van der Waals surface area (Å²) in [5.41, 5.74) is 3.59. The van der Waals surface area contributed by atoms with Gasteiger partial charge in [-0.3, -0.25) is 4.79 Å². The lowest BCUT2D eigenvalue weighted by atomic mass is 9.97. The monoisotopic (exact) mass is 687 g/mol. The Morgan fingerprint density at radius 2 is 1.76 bits per heavy atom. The molecule has 2 bridgehead atoms. The Labute approximate surface area is 276 Å². The molecule has 238 valence electrons. The van der Waals surface area contributed by atoms with Gasteiger partial charge in [0.2, 0.25) is 10.0 Å². The van der Waals surface area contributed by atoms with Gasteiger partial charge in [0, 0.05) is 47.3 Å². The van der Waals surface area contributed by atoms with Crippen molar-refractivity contribution >= 4 is 65.8 Å². The number of aromatic nitrogens is 2. The first kappa shape index (κ1) is 30.9. The Morgan fingerprint density at radius 1 is 1.07 bits per heavy atom. The van der Waals surface area contributed by atoms with Crippen molar-refractivity contribution in [1.82, 2.24) is 20.2 Å². The highest BCUT2D eigenvalue weighted by atomic mass is 35.5. The van der Waals surface area contributed by atoms with Gasteiger partial charge in [0.1, 0.15) is 11.5 Å². The van der Waals surface area contributed by atoms with Gasteiger partial charge in [0.05, 0.1) is 25.0 Å². The molecule has 7 rings (SSSR count). The van der Waals surface area contributed by atoms with Crippen LogP contribution in [0.4, 0.5) is 5.13 Å². The third-order valence-electron chi connectivity index (χ3n) is 9.16. The molecule has 2 aliphatic heterocycles. The Kier molecular flexibility index (Phi) is 7.92. The minimum Gasteiger partial charge on any atom is -0.360 e. The second-order valence-electron chi connectivity index (χ2n) is 13.3. The summed E-state index contributed by atoms with van der Waals surface area (Å²) in [5, 5.41) is 10.3. The van der Waals surface area contributed by atoms with Crippen LogP contribution in [0, 0.1) is 0 Å². The minimum atomic E-state index is -3.81. The topological polar surface area (TPSA) is 117 Å². The predicted molar refractivity (Wildman–Crippen MR) is 179 cm³/mol. The van der Waals surface area contributed by atoms with E-state index in [1.54, 1.807) is 50.3 Å². The molecule has 1 aliphatic carbocycles. The van der Waals surface area contributed by atoms with Crippen molar-refractivity contribution in [2.75, 3.05) is 4.90 Å². The van der Waals surface area contributed by atoms with E-state index in [0.717, 1.165) is 76.5 Å². The highest BCUT2D eigenvalue weighted by molar-refractivity contribution is 7.91. The number of nitrogens with zero attached hydrogens (tertiary/aromatic N) is 3. The van der Waals surface area contributed by atoms with Crippen LogP contribution in [-0.2, 0) is 16.6 Å². The molecule has 0 spiro atoms. The zero-order chi connectivity index (χ0) is 31.7. The maximum atomic E-state index is 12.8. The quantitative estimate of drug-likeness (QED) is 0.198. The molecule has 45 heavy (non-hydrogen) atoms. The molecule has 2 unspecified atom stereocenters. The van der Waals surface area contributed by atoms with Gasteiger partial charge >= 0.3 is 0 Å². The first-order valence-electron chi connectivity index (χ1n) is 15.3. The number of piperidine rings is 1. The largest absolute Gasteiger partial charge is 0.360 e. The summed E-state index contributed by atoms with van der Waals surface area (Å²) in [6.45, 7) is 5.31. The van der Waals surface area contributed by atoms with Gasteiger partial charge < -0.3 is 14.7 Å². The number of carbonyl (C=O) groups is 1. The van der Waals surface area contributed by atoms with E-state index in [2.05, 4.69) is 20.1 Å². The fraction of sp³-hybridized carbons (Fsp3) is 0.469. The molecule has 3 aliphatic rings. The number of hydrogen-bond acceptors (Lipinski definition) is 9. The van der Waals surface area contributed by atoms with Crippen molar-refractivity contribution in [3.8, 4) is 11.3 Å². The van der Waals surface area contributed by atoms with Crippen LogP contribution in [0.25, 0.3) is 21.5 Å². The average molecular weight is 689 g/mol. The lowest BCUT2D eigenvalue weighted by Gasteiger charge is -2.39. The van der Waals surface area contributed by atoms with Gasteiger partial charge in [0.15, 0.2) is 5.13 Å². The Hall–Kier alpha value is -2.70. The fourth-order valence-corrected chi connectivity index (χ4v) is 8.87. The molecule has 9 nitrogen and oxygen atoms in total. The third-order valence-corrected chi connectivity index (χ3v) is 12.9. The lowest BCUT2D eigenvalue weighted by Crippen LogP contribution is -2.49.